The second-order valence-corrected chi connectivity index (χ2v) is 9.45. The lowest BCUT2D eigenvalue weighted by Crippen LogP contribution is -2.36. The molecular formula is C27H29FN2O5. The van der Waals surface area contributed by atoms with Crippen molar-refractivity contribution in [1.29, 1.82) is 0 Å². The van der Waals surface area contributed by atoms with Gasteiger partial charge in [-0.05, 0) is 42.5 Å². The van der Waals surface area contributed by atoms with Crippen LogP contribution >= 0.6 is 0 Å². The van der Waals surface area contributed by atoms with Gasteiger partial charge in [0.1, 0.15) is 5.83 Å². The van der Waals surface area contributed by atoms with Crippen LogP contribution in [0.3, 0.4) is 0 Å². The molecular weight excluding hydrogens is 451 g/mol. The van der Waals surface area contributed by atoms with Gasteiger partial charge >= 0.3 is 0 Å². The third kappa shape index (κ3) is 4.74. The molecule has 1 aromatic carbocycles. The number of hydrogen-bond donors (Lipinski definition) is 2. The Morgan fingerprint density at radius 3 is 2.74 bits per heavy atom. The summed E-state index contributed by atoms with van der Waals surface area (Å²) in [5.41, 5.74) is 2.21. The van der Waals surface area contributed by atoms with E-state index in [-0.39, 0.29) is 42.1 Å². The number of carbonyl (C=O) groups excluding carboxylic acids is 2. The van der Waals surface area contributed by atoms with Gasteiger partial charge in [-0.3, -0.25) is 9.59 Å². The molecule has 0 bridgehead atoms. The third-order valence-electron chi connectivity index (χ3n) is 7.10. The number of rotatable bonds is 4. The van der Waals surface area contributed by atoms with E-state index in [0.717, 1.165) is 25.7 Å². The summed E-state index contributed by atoms with van der Waals surface area (Å²) in [7, 11) is 0. The molecule has 0 saturated heterocycles. The number of amides is 1. The molecule has 1 fully saturated rings. The zero-order valence-electron chi connectivity index (χ0n) is 19.5. The third-order valence-corrected chi connectivity index (χ3v) is 7.10. The summed E-state index contributed by atoms with van der Waals surface area (Å²) < 4.78 is 25.9. The normalized spacial score (nSPS) is 23.9. The van der Waals surface area contributed by atoms with Crippen LogP contribution in [0.4, 0.5) is 4.39 Å². The molecule has 1 atom stereocenters. The van der Waals surface area contributed by atoms with E-state index in [1.165, 1.54) is 12.5 Å². The fourth-order valence-electron chi connectivity index (χ4n) is 5.29. The Balaban J connectivity index is 1.45. The SMILES string of the molecule is O=C(NC1CCCCC1)c1ccc2c(c1)C(CC1=CCC(F)=CC3=C1OCCCO3)C(=O)/C2=N\O. The maximum Gasteiger partial charge on any atom is 0.251 e. The number of oxime groups is 1. The first-order valence-electron chi connectivity index (χ1n) is 12.3. The van der Waals surface area contributed by atoms with Crippen LogP contribution in [0.5, 0.6) is 0 Å². The summed E-state index contributed by atoms with van der Waals surface area (Å²) in [4.78, 5) is 26.2. The highest BCUT2D eigenvalue weighted by Gasteiger charge is 2.39. The molecule has 1 unspecified atom stereocenters. The molecule has 1 aliphatic heterocycles. The van der Waals surface area contributed by atoms with Gasteiger partial charge in [0, 0.05) is 36.1 Å². The quantitative estimate of drug-likeness (QED) is 0.476. The molecule has 1 amide bonds. The van der Waals surface area contributed by atoms with Crippen molar-refractivity contribution in [3.05, 3.63) is 70.0 Å². The zero-order chi connectivity index (χ0) is 24.4. The highest BCUT2D eigenvalue weighted by molar-refractivity contribution is 6.51. The molecule has 0 spiro atoms. The van der Waals surface area contributed by atoms with Gasteiger partial charge in [0.05, 0.1) is 19.1 Å². The van der Waals surface area contributed by atoms with E-state index >= 15 is 0 Å². The lowest BCUT2D eigenvalue weighted by Gasteiger charge is -2.23. The minimum Gasteiger partial charge on any atom is -0.489 e. The van der Waals surface area contributed by atoms with Crippen molar-refractivity contribution < 1.29 is 28.7 Å². The molecule has 5 rings (SSSR count). The van der Waals surface area contributed by atoms with Gasteiger partial charge in [-0.1, -0.05) is 36.6 Å². The molecule has 3 aliphatic carbocycles. The van der Waals surface area contributed by atoms with Crippen LogP contribution in [0, 0.1) is 0 Å². The molecule has 4 aliphatic rings. The summed E-state index contributed by atoms with van der Waals surface area (Å²) in [6.45, 7) is 0.845. The predicted octanol–water partition coefficient (Wildman–Crippen LogP) is 4.82. The number of ether oxygens (including phenoxy) is 2. The monoisotopic (exact) mass is 480 g/mol. The van der Waals surface area contributed by atoms with E-state index in [0.29, 0.717) is 53.4 Å². The number of nitrogens with zero attached hydrogens (tertiary/aromatic N) is 1. The topological polar surface area (TPSA) is 97.2 Å². The van der Waals surface area contributed by atoms with E-state index in [1.807, 2.05) is 0 Å². The molecule has 184 valence electrons. The second kappa shape index (κ2) is 10.1. The van der Waals surface area contributed by atoms with Crippen LogP contribution in [0.25, 0.3) is 0 Å². The first-order valence-corrected chi connectivity index (χ1v) is 12.3. The first kappa shape index (κ1) is 23.3. The highest BCUT2D eigenvalue weighted by atomic mass is 19.1. The lowest BCUT2D eigenvalue weighted by molar-refractivity contribution is -0.113. The minimum absolute atomic E-state index is 0.0324. The first-order chi connectivity index (χ1) is 17.0. The van der Waals surface area contributed by atoms with Gasteiger partial charge in [-0.25, -0.2) is 4.39 Å². The van der Waals surface area contributed by atoms with Gasteiger partial charge < -0.3 is 20.0 Å². The molecule has 1 aromatic rings. The van der Waals surface area contributed by atoms with Crippen molar-refractivity contribution in [3.8, 4) is 0 Å². The van der Waals surface area contributed by atoms with Crippen LogP contribution < -0.4 is 5.32 Å². The van der Waals surface area contributed by atoms with Crippen LogP contribution in [0.2, 0.25) is 0 Å². The van der Waals surface area contributed by atoms with Crippen LogP contribution in [0.1, 0.15) is 78.8 Å². The lowest BCUT2D eigenvalue weighted by atomic mass is 9.90. The number of hydrogen-bond acceptors (Lipinski definition) is 6. The largest absolute Gasteiger partial charge is 0.489 e. The Morgan fingerprint density at radius 1 is 1.14 bits per heavy atom. The second-order valence-electron chi connectivity index (χ2n) is 9.45. The van der Waals surface area contributed by atoms with Crippen molar-refractivity contribution in [2.75, 3.05) is 13.2 Å². The number of benzene rings is 1. The molecule has 35 heavy (non-hydrogen) atoms. The van der Waals surface area contributed by atoms with E-state index < -0.39 is 5.92 Å². The number of nitrogens with one attached hydrogen (secondary N) is 1. The molecule has 8 heteroatoms. The van der Waals surface area contributed by atoms with Gasteiger partial charge in [-0.15, -0.1) is 0 Å². The maximum absolute atomic E-state index is 14.3. The Bertz CT molecular complexity index is 1160. The molecule has 1 saturated carbocycles. The van der Waals surface area contributed by atoms with Crippen molar-refractivity contribution >= 4 is 17.4 Å². The van der Waals surface area contributed by atoms with Gasteiger partial charge in [0.25, 0.3) is 5.91 Å². The van der Waals surface area contributed by atoms with Crippen LogP contribution in [-0.2, 0) is 14.3 Å². The fourth-order valence-corrected chi connectivity index (χ4v) is 5.29. The smallest absolute Gasteiger partial charge is 0.251 e. The summed E-state index contributed by atoms with van der Waals surface area (Å²) >= 11 is 0. The van der Waals surface area contributed by atoms with Crippen LogP contribution in [-0.4, -0.2) is 41.9 Å². The average Bonchev–Trinajstić information content (AvgIpc) is 3.00. The van der Waals surface area contributed by atoms with E-state index in [4.69, 9.17) is 9.47 Å². The summed E-state index contributed by atoms with van der Waals surface area (Å²) in [6, 6.07) is 5.19. The van der Waals surface area contributed by atoms with Gasteiger partial charge in [-0.2, -0.15) is 0 Å². The average molecular weight is 481 g/mol. The molecule has 7 nitrogen and oxygen atoms in total. The molecule has 0 aromatic heterocycles. The number of ketones is 1. The summed E-state index contributed by atoms with van der Waals surface area (Å²) in [5.74, 6) is -0.800. The minimum atomic E-state index is -0.689. The Labute approximate surface area is 203 Å². The van der Waals surface area contributed by atoms with Crippen molar-refractivity contribution in [2.45, 2.75) is 63.3 Å². The number of carbonyl (C=O) groups is 2. The highest BCUT2D eigenvalue weighted by Crippen LogP contribution is 2.40. The van der Waals surface area contributed by atoms with Crippen molar-refractivity contribution in [3.63, 3.8) is 0 Å². The number of halogens is 1. The summed E-state index contributed by atoms with van der Waals surface area (Å²) in [5, 5.41) is 15.9. The Hall–Kier alpha value is -3.42. The predicted molar refractivity (Wildman–Crippen MR) is 127 cm³/mol. The Kier molecular flexibility index (Phi) is 6.70. The molecule has 1 heterocycles. The van der Waals surface area contributed by atoms with Gasteiger partial charge in [0.15, 0.2) is 23.0 Å². The maximum atomic E-state index is 14.3. The zero-order valence-corrected chi connectivity index (χ0v) is 19.5. The van der Waals surface area contributed by atoms with E-state index in [1.54, 1.807) is 24.3 Å². The standard InChI is InChI=1S/C27H29FN2O5/c28-18-9-7-16(26-23(15-18)34-11-4-12-35-26)13-22-21-14-17(8-10-20(21)24(30-33)25(22)31)27(32)29-19-5-2-1-3-6-19/h7-8,10,14-15,19,22,33H,1-6,9,11-13H2,(H,29,32)/b30-24-. The van der Waals surface area contributed by atoms with Crippen molar-refractivity contribution in [2.24, 2.45) is 5.16 Å². The van der Waals surface area contributed by atoms with E-state index in [9.17, 15) is 19.2 Å². The number of allylic oxidation sites excluding steroid dienone is 4. The van der Waals surface area contributed by atoms with Gasteiger partial charge in [0.2, 0.25) is 0 Å². The Morgan fingerprint density at radius 2 is 1.94 bits per heavy atom. The van der Waals surface area contributed by atoms with Crippen molar-refractivity contribution in [1.82, 2.24) is 5.32 Å². The van der Waals surface area contributed by atoms with Crippen LogP contribution in [0.15, 0.2) is 58.4 Å². The van der Waals surface area contributed by atoms with E-state index in [2.05, 4.69) is 10.5 Å². The molecule has 2 N–H and O–H groups in total. The molecule has 0 radical (unpaired) electrons. The summed E-state index contributed by atoms with van der Waals surface area (Å²) in [6.07, 6.45) is 9.34. The number of fused-ring (bicyclic) bond motifs is 1. The number of Topliss-reactive ketones (excluding diaryl/α,β-unsaturated/α-hetero) is 1. The fraction of sp³-hybridized carbons (Fsp3) is 0.444.